The van der Waals surface area contributed by atoms with Crippen molar-refractivity contribution in [3.05, 3.63) is 29.8 Å². The Morgan fingerprint density at radius 1 is 1.37 bits per heavy atom. The standard InChI is InChI=1S/C15H21NO3/c1-3-8-19-12-6-4-11(5-7-12)15(17)13-9-18-10-14(13)16-2/h4-7,13-14,16H,3,8-10H2,1-2H3. The summed E-state index contributed by atoms with van der Waals surface area (Å²) >= 11 is 0. The zero-order chi connectivity index (χ0) is 13.7. The summed E-state index contributed by atoms with van der Waals surface area (Å²) in [5.74, 6) is 0.859. The van der Waals surface area contributed by atoms with Crippen LogP contribution >= 0.6 is 0 Å². The molecule has 1 aliphatic rings. The average molecular weight is 263 g/mol. The number of carbonyl (C=O) groups is 1. The third-order valence-electron chi connectivity index (χ3n) is 3.40. The molecule has 1 aromatic carbocycles. The van der Waals surface area contributed by atoms with Gasteiger partial charge in [-0.2, -0.15) is 0 Å². The van der Waals surface area contributed by atoms with E-state index in [9.17, 15) is 4.79 Å². The molecule has 1 fully saturated rings. The molecule has 1 heterocycles. The third kappa shape index (κ3) is 3.33. The predicted octanol–water partition coefficient (Wildman–Crippen LogP) is 1.89. The molecule has 4 heteroatoms. The Kier molecular flexibility index (Phi) is 4.93. The van der Waals surface area contributed by atoms with Crippen molar-refractivity contribution in [3.8, 4) is 5.75 Å². The van der Waals surface area contributed by atoms with Crippen LogP contribution in [0, 0.1) is 5.92 Å². The van der Waals surface area contributed by atoms with Gasteiger partial charge in [0.25, 0.3) is 0 Å². The van der Waals surface area contributed by atoms with E-state index in [4.69, 9.17) is 9.47 Å². The summed E-state index contributed by atoms with van der Waals surface area (Å²) in [5, 5.41) is 3.13. The minimum absolute atomic E-state index is 0.0904. The Labute approximate surface area is 114 Å². The van der Waals surface area contributed by atoms with Crippen molar-refractivity contribution in [2.24, 2.45) is 5.92 Å². The highest BCUT2D eigenvalue weighted by Crippen LogP contribution is 2.21. The lowest BCUT2D eigenvalue weighted by molar-refractivity contribution is 0.0892. The first-order chi connectivity index (χ1) is 9.26. The van der Waals surface area contributed by atoms with E-state index in [1.54, 1.807) is 0 Å². The first kappa shape index (κ1) is 14.0. The molecule has 1 aromatic rings. The molecule has 1 saturated heterocycles. The van der Waals surface area contributed by atoms with Crippen LogP contribution in [-0.4, -0.2) is 38.7 Å². The summed E-state index contributed by atoms with van der Waals surface area (Å²) in [6.45, 7) is 3.87. The number of carbonyl (C=O) groups excluding carboxylic acids is 1. The lowest BCUT2D eigenvalue weighted by atomic mass is 9.93. The van der Waals surface area contributed by atoms with Gasteiger partial charge in [-0.15, -0.1) is 0 Å². The second-order valence-corrected chi connectivity index (χ2v) is 4.78. The maximum atomic E-state index is 12.4. The number of rotatable bonds is 6. The molecule has 0 amide bonds. The SMILES string of the molecule is CCCOc1ccc(C(=O)C2COCC2NC)cc1. The van der Waals surface area contributed by atoms with Crippen molar-refractivity contribution in [3.63, 3.8) is 0 Å². The van der Waals surface area contributed by atoms with Crippen molar-refractivity contribution in [1.82, 2.24) is 5.32 Å². The Hall–Kier alpha value is -1.39. The molecule has 2 unspecified atom stereocenters. The van der Waals surface area contributed by atoms with Gasteiger partial charge in [0.15, 0.2) is 5.78 Å². The summed E-state index contributed by atoms with van der Waals surface area (Å²) in [7, 11) is 1.86. The second kappa shape index (κ2) is 6.68. The van der Waals surface area contributed by atoms with E-state index in [-0.39, 0.29) is 17.7 Å². The van der Waals surface area contributed by atoms with Crippen LogP contribution in [0.1, 0.15) is 23.7 Å². The summed E-state index contributed by atoms with van der Waals surface area (Å²) in [6.07, 6.45) is 0.976. The molecule has 0 bridgehead atoms. The molecule has 4 nitrogen and oxygen atoms in total. The Morgan fingerprint density at radius 3 is 2.74 bits per heavy atom. The molecule has 1 aliphatic heterocycles. The molecule has 0 aliphatic carbocycles. The Balaban J connectivity index is 2.03. The van der Waals surface area contributed by atoms with Crippen LogP contribution in [0.5, 0.6) is 5.75 Å². The van der Waals surface area contributed by atoms with Crippen LogP contribution in [0.25, 0.3) is 0 Å². The average Bonchev–Trinajstić information content (AvgIpc) is 2.93. The van der Waals surface area contributed by atoms with Crippen LogP contribution in [0.2, 0.25) is 0 Å². The topological polar surface area (TPSA) is 47.6 Å². The monoisotopic (exact) mass is 263 g/mol. The number of benzene rings is 1. The number of ether oxygens (including phenoxy) is 2. The van der Waals surface area contributed by atoms with Gasteiger partial charge in [-0.1, -0.05) is 6.92 Å². The maximum Gasteiger partial charge on any atom is 0.169 e. The minimum atomic E-state index is -0.0904. The molecular weight excluding hydrogens is 242 g/mol. The van der Waals surface area contributed by atoms with E-state index in [2.05, 4.69) is 12.2 Å². The fourth-order valence-corrected chi connectivity index (χ4v) is 2.25. The fraction of sp³-hybridized carbons (Fsp3) is 0.533. The largest absolute Gasteiger partial charge is 0.494 e. The lowest BCUT2D eigenvalue weighted by Crippen LogP contribution is -2.36. The molecule has 1 N–H and O–H groups in total. The van der Waals surface area contributed by atoms with Gasteiger partial charge < -0.3 is 14.8 Å². The Bertz CT molecular complexity index is 416. The predicted molar refractivity (Wildman–Crippen MR) is 73.7 cm³/mol. The van der Waals surface area contributed by atoms with Crippen LogP contribution < -0.4 is 10.1 Å². The van der Waals surface area contributed by atoms with Crippen molar-refractivity contribution in [2.75, 3.05) is 26.9 Å². The summed E-state index contributed by atoms with van der Waals surface area (Å²) in [6, 6.07) is 7.49. The van der Waals surface area contributed by atoms with Crippen molar-refractivity contribution in [1.29, 1.82) is 0 Å². The van der Waals surface area contributed by atoms with E-state index >= 15 is 0 Å². The fourth-order valence-electron chi connectivity index (χ4n) is 2.25. The van der Waals surface area contributed by atoms with E-state index in [0.29, 0.717) is 19.8 Å². The highest BCUT2D eigenvalue weighted by Gasteiger charge is 2.33. The molecule has 2 atom stereocenters. The Morgan fingerprint density at radius 2 is 2.11 bits per heavy atom. The van der Waals surface area contributed by atoms with Crippen LogP contribution in [0.4, 0.5) is 0 Å². The molecule has 19 heavy (non-hydrogen) atoms. The lowest BCUT2D eigenvalue weighted by Gasteiger charge is -2.15. The number of hydrogen-bond donors (Lipinski definition) is 1. The first-order valence-corrected chi connectivity index (χ1v) is 6.78. The quantitative estimate of drug-likeness (QED) is 0.796. The van der Waals surface area contributed by atoms with Crippen LogP contribution in [-0.2, 0) is 4.74 Å². The van der Waals surface area contributed by atoms with Gasteiger partial charge in [-0.05, 0) is 37.7 Å². The van der Waals surface area contributed by atoms with Gasteiger partial charge in [0, 0.05) is 11.6 Å². The van der Waals surface area contributed by atoms with Gasteiger partial charge in [-0.3, -0.25) is 4.79 Å². The number of nitrogens with one attached hydrogen (secondary N) is 1. The molecule has 0 spiro atoms. The molecule has 0 radical (unpaired) electrons. The smallest absolute Gasteiger partial charge is 0.169 e. The van der Waals surface area contributed by atoms with E-state index in [1.807, 2.05) is 31.3 Å². The maximum absolute atomic E-state index is 12.4. The molecule has 0 saturated carbocycles. The van der Waals surface area contributed by atoms with Crippen molar-refractivity contribution < 1.29 is 14.3 Å². The number of likely N-dealkylation sites (N-methyl/N-ethyl adjacent to an activating group) is 1. The highest BCUT2D eigenvalue weighted by molar-refractivity contribution is 5.98. The normalized spacial score (nSPS) is 22.4. The van der Waals surface area contributed by atoms with Crippen LogP contribution in [0.3, 0.4) is 0 Å². The first-order valence-electron chi connectivity index (χ1n) is 6.78. The van der Waals surface area contributed by atoms with Gasteiger partial charge in [0.2, 0.25) is 0 Å². The molecule has 104 valence electrons. The van der Waals surface area contributed by atoms with Gasteiger partial charge in [0.05, 0.1) is 25.7 Å². The summed E-state index contributed by atoms with van der Waals surface area (Å²) in [5.41, 5.74) is 0.722. The number of hydrogen-bond acceptors (Lipinski definition) is 4. The highest BCUT2D eigenvalue weighted by atomic mass is 16.5. The number of ketones is 1. The summed E-state index contributed by atoms with van der Waals surface area (Å²) in [4.78, 5) is 12.4. The van der Waals surface area contributed by atoms with Crippen molar-refractivity contribution >= 4 is 5.78 Å². The van der Waals surface area contributed by atoms with Crippen LogP contribution in [0.15, 0.2) is 24.3 Å². The molecular formula is C15H21NO3. The van der Waals surface area contributed by atoms with E-state index < -0.39 is 0 Å². The second-order valence-electron chi connectivity index (χ2n) is 4.78. The zero-order valence-electron chi connectivity index (χ0n) is 11.5. The van der Waals surface area contributed by atoms with Gasteiger partial charge in [-0.25, -0.2) is 0 Å². The molecule has 0 aromatic heterocycles. The third-order valence-corrected chi connectivity index (χ3v) is 3.40. The van der Waals surface area contributed by atoms with Gasteiger partial charge in [0.1, 0.15) is 5.75 Å². The van der Waals surface area contributed by atoms with E-state index in [1.165, 1.54) is 0 Å². The summed E-state index contributed by atoms with van der Waals surface area (Å²) < 4.78 is 10.9. The van der Waals surface area contributed by atoms with Gasteiger partial charge >= 0.3 is 0 Å². The minimum Gasteiger partial charge on any atom is -0.494 e. The zero-order valence-corrected chi connectivity index (χ0v) is 11.5. The van der Waals surface area contributed by atoms with Crippen molar-refractivity contribution in [2.45, 2.75) is 19.4 Å². The number of Topliss-reactive ketones (excluding diaryl/α,β-unsaturated/α-hetero) is 1. The molecule has 2 rings (SSSR count). The van der Waals surface area contributed by atoms with E-state index in [0.717, 1.165) is 17.7 Å².